The molecule has 1 fully saturated rings. The number of rotatable bonds is 4. The van der Waals surface area contributed by atoms with Gasteiger partial charge < -0.3 is 15.0 Å². The second-order valence-electron chi connectivity index (χ2n) is 5.90. The first-order chi connectivity index (χ1) is 12.3. The van der Waals surface area contributed by atoms with Crippen molar-refractivity contribution in [3.8, 4) is 0 Å². The van der Waals surface area contributed by atoms with Gasteiger partial charge >= 0.3 is 0 Å². The fourth-order valence-corrected chi connectivity index (χ4v) is 3.81. The largest absolute Gasteiger partial charge is 0.378 e. The molecule has 0 spiro atoms. The van der Waals surface area contributed by atoms with E-state index in [9.17, 15) is 4.79 Å². The number of benzene rings is 2. The van der Waals surface area contributed by atoms with Crippen molar-refractivity contribution in [1.29, 1.82) is 0 Å². The van der Waals surface area contributed by atoms with Gasteiger partial charge in [-0.05, 0) is 36.4 Å². The van der Waals surface area contributed by atoms with Crippen molar-refractivity contribution in [2.75, 3.05) is 31.2 Å². The summed E-state index contributed by atoms with van der Waals surface area (Å²) in [5, 5.41) is 3.87. The van der Waals surface area contributed by atoms with Crippen LogP contribution in [-0.2, 0) is 11.3 Å². The van der Waals surface area contributed by atoms with E-state index in [0.717, 1.165) is 47.2 Å². The van der Waals surface area contributed by atoms with Crippen molar-refractivity contribution in [2.24, 2.45) is 0 Å². The van der Waals surface area contributed by atoms with Gasteiger partial charge in [0, 0.05) is 24.3 Å². The van der Waals surface area contributed by atoms with Gasteiger partial charge in [0.2, 0.25) is 0 Å². The summed E-state index contributed by atoms with van der Waals surface area (Å²) in [6.07, 6.45) is 0. The van der Waals surface area contributed by atoms with Crippen molar-refractivity contribution < 1.29 is 9.53 Å². The fourth-order valence-electron chi connectivity index (χ4n) is 2.90. The number of anilines is 1. The molecule has 1 saturated heterocycles. The number of thiazole rings is 1. The third-order valence-electron chi connectivity index (χ3n) is 4.24. The minimum Gasteiger partial charge on any atom is -0.378 e. The fraction of sp³-hybridized carbons (Fsp3) is 0.263. The summed E-state index contributed by atoms with van der Waals surface area (Å²) in [5.41, 5.74) is 2.77. The second-order valence-corrected chi connectivity index (χ2v) is 7.02. The Morgan fingerprint density at radius 1 is 1.12 bits per heavy atom. The van der Waals surface area contributed by atoms with Crippen LogP contribution in [0, 0.1) is 0 Å². The first kappa shape index (κ1) is 16.1. The quantitative estimate of drug-likeness (QED) is 0.783. The van der Waals surface area contributed by atoms with Crippen LogP contribution < -0.4 is 10.2 Å². The van der Waals surface area contributed by atoms with E-state index in [1.807, 2.05) is 48.5 Å². The van der Waals surface area contributed by atoms with Crippen LogP contribution in [0.5, 0.6) is 0 Å². The number of hydrogen-bond acceptors (Lipinski definition) is 5. The van der Waals surface area contributed by atoms with Gasteiger partial charge in [0.25, 0.3) is 5.91 Å². The van der Waals surface area contributed by atoms with Crippen LogP contribution in [0.3, 0.4) is 0 Å². The second kappa shape index (κ2) is 7.21. The van der Waals surface area contributed by atoms with E-state index in [-0.39, 0.29) is 5.91 Å². The van der Waals surface area contributed by atoms with Crippen LogP contribution in [0.15, 0.2) is 48.5 Å². The Bertz CT molecular complexity index is 837. The average molecular weight is 353 g/mol. The monoisotopic (exact) mass is 353 g/mol. The van der Waals surface area contributed by atoms with Gasteiger partial charge in [0.15, 0.2) is 0 Å². The highest BCUT2D eigenvalue weighted by atomic mass is 32.1. The summed E-state index contributed by atoms with van der Waals surface area (Å²) in [6, 6.07) is 15.7. The summed E-state index contributed by atoms with van der Waals surface area (Å²) in [7, 11) is 0. The molecular formula is C19H19N3O2S. The van der Waals surface area contributed by atoms with E-state index in [2.05, 4.69) is 15.2 Å². The smallest absolute Gasteiger partial charge is 0.251 e. The van der Waals surface area contributed by atoms with Gasteiger partial charge in [-0.15, -0.1) is 11.3 Å². The number of ether oxygens (including phenoxy) is 1. The highest BCUT2D eigenvalue weighted by Gasteiger charge is 2.12. The highest BCUT2D eigenvalue weighted by Crippen LogP contribution is 2.21. The van der Waals surface area contributed by atoms with E-state index in [1.165, 1.54) is 0 Å². The van der Waals surface area contributed by atoms with E-state index in [1.54, 1.807) is 11.3 Å². The SMILES string of the molecule is O=C(NCc1nc2ccccc2s1)c1ccc(N2CCOCC2)cc1. The predicted molar refractivity (Wildman–Crippen MR) is 100 cm³/mol. The van der Waals surface area contributed by atoms with Crippen LogP contribution >= 0.6 is 11.3 Å². The molecule has 0 aliphatic carbocycles. The molecule has 6 heteroatoms. The average Bonchev–Trinajstić information content (AvgIpc) is 3.10. The van der Waals surface area contributed by atoms with Gasteiger partial charge in [0.05, 0.1) is 30.0 Å². The molecule has 3 aromatic rings. The maximum Gasteiger partial charge on any atom is 0.251 e. The number of nitrogens with zero attached hydrogens (tertiary/aromatic N) is 2. The molecule has 2 heterocycles. The molecule has 0 radical (unpaired) electrons. The number of carbonyl (C=O) groups excluding carboxylic acids is 1. The summed E-state index contributed by atoms with van der Waals surface area (Å²) >= 11 is 1.61. The Morgan fingerprint density at radius 3 is 2.64 bits per heavy atom. The van der Waals surface area contributed by atoms with Crippen molar-refractivity contribution in [1.82, 2.24) is 10.3 Å². The minimum absolute atomic E-state index is 0.0761. The highest BCUT2D eigenvalue weighted by molar-refractivity contribution is 7.18. The molecule has 1 aromatic heterocycles. The number of para-hydroxylation sites is 1. The number of hydrogen-bond donors (Lipinski definition) is 1. The normalized spacial score (nSPS) is 14.6. The molecule has 0 atom stereocenters. The number of nitrogens with one attached hydrogen (secondary N) is 1. The third kappa shape index (κ3) is 3.65. The Labute approximate surface area is 150 Å². The van der Waals surface area contributed by atoms with Crippen LogP contribution in [0.2, 0.25) is 0 Å². The van der Waals surface area contributed by atoms with E-state index >= 15 is 0 Å². The van der Waals surface area contributed by atoms with Crippen molar-refractivity contribution >= 4 is 33.1 Å². The Hall–Kier alpha value is -2.44. The molecule has 1 N–H and O–H groups in total. The third-order valence-corrected chi connectivity index (χ3v) is 5.28. The molecule has 0 bridgehead atoms. The summed E-state index contributed by atoms with van der Waals surface area (Å²) in [4.78, 5) is 19.2. The van der Waals surface area contributed by atoms with Gasteiger partial charge in [-0.1, -0.05) is 12.1 Å². The van der Waals surface area contributed by atoms with Crippen LogP contribution in [-0.4, -0.2) is 37.2 Å². The van der Waals surface area contributed by atoms with Gasteiger partial charge in [-0.25, -0.2) is 4.98 Å². The number of fused-ring (bicyclic) bond motifs is 1. The molecule has 0 unspecified atom stereocenters. The molecule has 5 nitrogen and oxygen atoms in total. The number of morpholine rings is 1. The molecule has 0 saturated carbocycles. The standard InChI is InChI=1S/C19H19N3O2S/c23-19(20-13-18-21-16-3-1-2-4-17(16)25-18)14-5-7-15(8-6-14)22-9-11-24-12-10-22/h1-8H,9-13H2,(H,20,23). The zero-order valence-corrected chi connectivity index (χ0v) is 14.6. The van der Waals surface area contributed by atoms with Gasteiger partial charge in [-0.2, -0.15) is 0 Å². The van der Waals surface area contributed by atoms with Crippen LogP contribution in [0.4, 0.5) is 5.69 Å². The summed E-state index contributed by atoms with van der Waals surface area (Å²) in [5.74, 6) is -0.0761. The first-order valence-corrected chi connectivity index (χ1v) is 9.17. The van der Waals surface area contributed by atoms with Crippen LogP contribution in [0.1, 0.15) is 15.4 Å². The minimum atomic E-state index is -0.0761. The molecule has 25 heavy (non-hydrogen) atoms. The van der Waals surface area contributed by atoms with Gasteiger partial charge in [-0.3, -0.25) is 4.79 Å². The molecule has 2 aromatic carbocycles. The Morgan fingerprint density at radius 2 is 1.88 bits per heavy atom. The summed E-state index contributed by atoms with van der Waals surface area (Å²) < 4.78 is 6.51. The molecule has 128 valence electrons. The molecule has 4 rings (SSSR count). The lowest BCUT2D eigenvalue weighted by Crippen LogP contribution is -2.36. The molecule has 1 aliphatic heterocycles. The lowest BCUT2D eigenvalue weighted by molar-refractivity contribution is 0.0951. The number of amides is 1. The van der Waals surface area contributed by atoms with E-state index in [4.69, 9.17) is 4.74 Å². The molecule has 1 aliphatic rings. The van der Waals surface area contributed by atoms with E-state index in [0.29, 0.717) is 12.1 Å². The summed E-state index contributed by atoms with van der Waals surface area (Å²) in [6.45, 7) is 3.74. The number of aromatic nitrogens is 1. The molecular weight excluding hydrogens is 334 g/mol. The van der Waals surface area contributed by atoms with Gasteiger partial charge in [0.1, 0.15) is 5.01 Å². The molecule has 1 amide bonds. The van der Waals surface area contributed by atoms with E-state index < -0.39 is 0 Å². The van der Waals surface area contributed by atoms with Crippen molar-refractivity contribution in [2.45, 2.75) is 6.54 Å². The topological polar surface area (TPSA) is 54.5 Å². The number of carbonyl (C=O) groups is 1. The maximum atomic E-state index is 12.4. The maximum absolute atomic E-state index is 12.4. The zero-order chi connectivity index (χ0) is 17.1. The Balaban J connectivity index is 1.38. The zero-order valence-electron chi connectivity index (χ0n) is 13.8. The van der Waals surface area contributed by atoms with Crippen molar-refractivity contribution in [3.63, 3.8) is 0 Å². The van der Waals surface area contributed by atoms with Crippen LogP contribution in [0.25, 0.3) is 10.2 Å². The first-order valence-electron chi connectivity index (χ1n) is 8.35. The Kier molecular flexibility index (Phi) is 4.63. The lowest BCUT2D eigenvalue weighted by Gasteiger charge is -2.28. The predicted octanol–water partition coefficient (Wildman–Crippen LogP) is 3.06. The lowest BCUT2D eigenvalue weighted by atomic mass is 10.1. The van der Waals surface area contributed by atoms with Crippen molar-refractivity contribution in [3.05, 3.63) is 59.1 Å².